The van der Waals surface area contributed by atoms with Crippen molar-refractivity contribution in [3.63, 3.8) is 0 Å². The largest absolute Gasteiger partial charge is 0.335 e. The van der Waals surface area contributed by atoms with Crippen LogP contribution in [-0.2, 0) is 0 Å². The van der Waals surface area contributed by atoms with Gasteiger partial charge in [-0.1, -0.05) is 19.3 Å². The Labute approximate surface area is 153 Å². The Bertz CT molecular complexity index is 364. The van der Waals surface area contributed by atoms with E-state index in [-0.39, 0.29) is 18.4 Å². The highest BCUT2D eigenvalue weighted by Gasteiger charge is 2.28. The molecule has 24 heavy (non-hydrogen) atoms. The molecule has 0 spiro atoms. The summed E-state index contributed by atoms with van der Waals surface area (Å²) in [4.78, 5) is 17.5. The second-order valence-corrected chi connectivity index (χ2v) is 7.53. The van der Waals surface area contributed by atoms with E-state index in [2.05, 4.69) is 20.4 Å². The number of hydrogen-bond donors (Lipinski definition) is 2. The smallest absolute Gasteiger partial charge is 0.317 e. The van der Waals surface area contributed by atoms with Crippen molar-refractivity contribution in [3.05, 3.63) is 0 Å². The van der Waals surface area contributed by atoms with Crippen molar-refractivity contribution in [2.24, 2.45) is 0 Å². The van der Waals surface area contributed by atoms with E-state index < -0.39 is 0 Å². The van der Waals surface area contributed by atoms with Crippen LogP contribution in [0.3, 0.4) is 0 Å². The minimum absolute atomic E-state index is 0. The third-order valence-corrected chi connectivity index (χ3v) is 5.76. The van der Waals surface area contributed by atoms with Crippen LogP contribution in [0.15, 0.2) is 0 Å². The number of hydrogen-bond acceptors (Lipinski definition) is 3. The normalized spacial score (nSPS) is 25.9. The molecule has 6 heteroatoms. The number of urea groups is 1. The highest BCUT2D eigenvalue weighted by Crippen LogP contribution is 2.19. The van der Waals surface area contributed by atoms with E-state index in [1.807, 2.05) is 0 Å². The predicted octanol–water partition coefficient (Wildman–Crippen LogP) is 2.60. The van der Waals surface area contributed by atoms with Gasteiger partial charge in [-0.25, -0.2) is 4.79 Å². The average Bonchev–Trinajstić information content (AvgIpc) is 3.10. The summed E-state index contributed by atoms with van der Waals surface area (Å²) in [6, 6.07) is 0.967. The Morgan fingerprint density at radius 1 is 1.04 bits per heavy atom. The SMILES string of the molecule is Cl.O=C(NC1CCCC1)N(CCN1CCCCC1)C1CCCNC1. The number of nitrogens with one attached hydrogen (secondary N) is 2. The van der Waals surface area contributed by atoms with Gasteiger partial charge < -0.3 is 20.4 Å². The second kappa shape index (κ2) is 10.5. The molecule has 2 amide bonds. The number of carbonyl (C=O) groups is 1. The summed E-state index contributed by atoms with van der Waals surface area (Å²) in [5.41, 5.74) is 0. The lowest BCUT2D eigenvalue weighted by Gasteiger charge is -2.37. The quantitative estimate of drug-likeness (QED) is 0.794. The molecule has 2 aliphatic heterocycles. The Kier molecular flexibility index (Phi) is 8.63. The van der Waals surface area contributed by atoms with Crippen molar-refractivity contribution in [2.75, 3.05) is 39.3 Å². The van der Waals surface area contributed by atoms with Crippen LogP contribution in [0.25, 0.3) is 0 Å². The van der Waals surface area contributed by atoms with E-state index in [4.69, 9.17) is 0 Å². The Morgan fingerprint density at radius 2 is 1.79 bits per heavy atom. The van der Waals surface area contributed by atoms with Gasteiger partial charge in [-0.3, -0.25) is 0 Å². The number of rotatable bonds is 5. The van der Waals surface area contributed by atoms with Crippen molar-refractivity contribution >= 4 is 18.4 Å². The topological polar surface area (TPSA) is 47.6 Å². The highest BCUT2D eigenvalue weighted by atomic mass is 35.5. The van der Waals surface area contributed by atoms with E-state index in [0.29, 0.717) is 12.1 Å². The molecule has 2 heterocycles. The van der Waals surface area contributed by atoms with Crippen molar-refractivity contribution in [2.45, 2.75) is 69.9 Å². The van der Waals surface area contributed by atoms with E-state index in [1.54, 1.807) is 0 Å². The second-order valence-electron chi connectivity index (χ2n) is 7.53. The summed E-state index contributed by atoms with van der Waals surface area (Å²) < 4.78 is 0. The first-order valence-electron chi connectivity index (χ1n) is 9.83. The molecule has 140 valence electrons. The van der Waals surface area contributed by atoms with Crippen LogP contribution in [0.4, 0.5) is 4.79 Å². The molecule has 3 aliphatic rings. The number of carbonyl (C=O) groups excluding carboxylic acids is 1. The van der Waals surface area contributed by atoms with Crippen LogP contribution in [0, 0.1) is 0 Å². The van der Waals surface area contributed by atoms with Gasteiger partial charge in [0.1, 0.15) is 0 Å². The zero-order valence-corrected chi connectivity index (χ0v) is 15.8. The van der Waals surface area contributed by atoms with Gasteiger partial charge >= 0.3 is 6.03 Å². The fourth-order valence-corrected chi connectivity index (χ4v) is 4.31. The zero-order chi connectivity index (χ0) is 15.9. The van der Waals surface area contributed by atoms with E-state index in [0.717, 1.165) is 45.4 Å². The van der Waals surface area contributed by atoms with Gasteiger partial charge in [0.2, 0.25) is 0 Å². The molecular weight excluding hydrogens is 324 g/mol. The molecular formula is C18H35ClN4O. The minimum Gasteiger partial charge on any atom is -0.335 e. The van der Waals surface area contributed by atoms with E-state index in [1.165, 1.54) is 51.6 Å². The number of halogens is 1. The molecule has 2 N–H and O–H groups in total. The van der Waals surface area contributed by atoms with Gasteiger partial charge in [-0.05, 0) is 58.2 Å². The van der Waals surface area contributed by atoms with E-state index in [9.17, 15) is 4.79 Å². The van der Waals surface area contributed by atoms with Crippen LogP contribution < -0.4 is 10.6 Å². The molecule has 1 saturated carbocycles. The molecule has 0 bridgehead atoms. The summed E-state index contributed by atoms with van der Waals surface area (Å²) in [5.74, 6) is 0. The first-order chi connectivity index (χ1) is 11.3. The summed E-state index contributed by atoms with van der Waals surface area (Å²) in [6.45, 7) is 6.39. The van der Waals surface area contributed by atoms with Crippen molar-refractivity contribution in [1.29, 1.82) is 0 Å². The molecule has 3 rings (SSSR count). The van der Waals surface area contributed by atoms with Crippen LogP contribution in [-0.4, -0.2) is 67.2 Å². The fourth-order valence-electron chi connectivity index (χ4n) is 4.31. The first-order valence-corrected chi connectivity index (χ1v) is 9.83. The lowest BCUT2D eigenvalue weighted by atomic mass is 10.1. The van der Waals surface area contributed by atoms with Gasteiger partial charge in [0.25, 0.3) is 0 Å². The molecule has 0 aromatic rings. The Balaban J connectivity index is 0.00000208. The maximum atomic E-state index is 12.8. The monoisotopic (exact) mass is 358 g/mol. The summed E-state index contributed by atoms with van der Waals surface area (Å²) in [7, 11) is 0. The predicted molar refractivity (Wildman–Crippen MR) is 101 cm³/mol. The third kappa shape index (κ3) is 5.78. The van der Waals surface area contributed by atoms with Crippen LogP contribution in [0.2, 0.25) is 0 Å². The summed E-state index contributed by atoms with van der Waals surface area (Å²) in [6.07, 6.45) is 11.2. The number of amides is 2. The third-order valence-electron chi connectivity index (χ3n) is 5.76. The Hall–Kier alpha value is -0.520. The molecule has 3 fully saturated rings. The van der Waals surface area contributed by atoms with Gasteiger partial charge in [-0.2, -0.15) is 0 Å². The van der Waals surface area contributed by atoms with Gasteiger partial charge in [-0.15, -0.1) is 12.4 Å². The molecule has 0 aromatic carbocycles. The van der Waals surface area contributed by atoms with Crippen molar-refractivity contribution in [1.82, 2.24) is 20.4 Å². The average molecular weight is 359 g/mol. The summed E-state index contributed by atoms with van der Waals surface area (Å²) >= 11 is 0. The lowest BCUT2D eigenvalue weighted by molar-refractivity contribution is 0.137. The first kappa shape index (κ1) is 19.8. The van der Waals surface area contributed by atoms with Crippen LogP contribution >= 0.6 is 12.4 Å². The summed E-state index contributed by atoms with van der Waals surface area (Å²) in [5, 5.41) is 6.77. The molecule has 1 atom stereocenters. The van der Waals surface area contributed by atoms with Gasteiger partial charge in [0, 0.05) is 31.7 Å². The number of nitrogens with zero attached hydrogens (tertiary/aromatic N) is 2. The fraction of sp³-hybridized carbons (Fsp3) is 0.944. The highest BCUT2D eigenvalue weighted by molar-refractivity contribution is 5.85. The molecule has 1 unspecified atom stereocenters. The lowest BCUT2D eigenvalue weighted by Crippen LogP contribution is -2.55. The molecule has 1 aliphatic carbocycles. The van der Waals surface area contributed by atoms with Crippen molar-refractivity contribution < 1.29 is 4.79 Å². The minimum atomic E-state index is 0. The van der Waals surface area contributed by atoms with Crippen molar-refractivity contribution in [3.8, 4) is 0 Å². The maximum Gasteiger partial charge on any atom is 0.317 e. The van der Waals surface area contributed by atoms with E-state index >= 15 is 0 Å². The number of piperidine rings is 2. The number of likely N-dealkylation sites (tertiary alicyclic amines) is 1. The standard InChI is InChI=1S/C18H34N4O.ClH/c23-18(20-16-7-2-3-8-16)22(17-9-6-10-19-15-17)14-13-21-11-4-1-5-12-21;/h16-17,19H,1-15H2,(H,20,23);1H. The zero-order valence-electron chi connectivity index (χ0n) is 15.0. The Morgan fingerprint density at radius 3 is 2.46 bits per heavy atom. The van der Waals surface area contributed by atoms with Gasteiger partial charge in [0.05, 0.1) is 0 Å². The van der Waals surface area contributed by atoms with Gasteiger partial charge in [0.15, 0.2) is 0 Å². The van der Waals surface area contributed by atoms with Crippen LogP contribution in [0.1, 0.15) is 57.8 Å². The maximum absolute atomic E-state index is 12.8. The molecule has 2 saturated heterocycles. The molecule has 5 nitrogen and oxygen atoms in total. The molecule has 0 radical (unpaired) electrons. The van der Waals surface area contributed by atoms with Crippen LogP contribution in [0.5, 0.6) is 0 Å². The molecule has 0 aromatic heterocycles.